The van der Waals surface area contributed by atoms with Gasteiger partial charge < -0.3 is 14.6 Å². The van der Waals surface area contributed by atoms with Crippen molar-refractivity contribution in [3.8, 4) is 0 Å². The molecule has 2 aliphatic rings. The number of aromatic amines is 1. The summed E-state index contributed by atoms with van der Waals surface area (Å²) in [7, 11) is 0. The summed E-state index contributed by atoms with van der Waals surface area (Å²) in [5.74, 6) is 0.868. The van der Waals surface area contributed by atoms with Gasteiger partial charge in [-0.2, -0.15) is 0 Å². The van der Waals surface area contributed by atoms with Gasteiger partial charge in [-0.1, -0.05) is 18.2 Å². The largest absolute Gasteiger partial charge is 0.376 e. The van der Waals surface area contributed by atoms with E-state index in [0.29, 0.717) is 5.69 Å². The summed E-state index contributed by atoms with van der Waals surface area (Å²) in [6, 6.07) is 9.93. The zero-order chi connectivity index (χ0) is 14.2. The number of hydrogen-bond acceptors (Lipinski definition) is 2. The second-order valence-electron chi connectivity index (χ2n) is 6.21. The fourth-order valence-corrected chi connectivity index (χ4v) is 2.96. The number of nitrogens with zero attached hydrogens (tertiary/aromatic N) is 1. The molecule has 1 aliphatic heterocycles. The van der Waals surface area contributed by atoms with Crippen molar-refractivity contribution >= 4 is 16.8 Å². The molecule has 0 bridgehead atoms. The number of carbonyl (C=O) groups is 1. The minimum absolute atomic E-state index is 0.0868. The maximum Gasteiger partial charge on any atom is 0.270 e. The Bertz CT molecular complexity index is 627. The summed E-state index contributed by atoms with van der Waals surface area (Å²) in [5, 5.41) is 1.08. The highest BCUT2D eigenvalue weighted by atomic mass is 16.5. The van der Waals surface area contributed by atoms with Crippen molar-refractivity contribution < 1.29 is 9.53 Å². The first-order valence-corrected chi connectivity index (χ1v) is 7.78. The number of benzene rings is 1. The fourth-order valence-electron chi connectivity index (χ4n) is 2.96. The van der Waals surface area contributed by atoms with Crippen LogP contribution >= 0.6 is 0 Å². The summed E-state index contributed by atoms with van der Waals surface area (Å²) in [6.07, 6.45) is 3.80. The lowest BCUT2D eigenvalue weighted by Crippen LogP contribution is -2.30. The number of para-hydroxylation sites is 1. The van der Waals surface area contributed by atoms with Gasteiger partial charge in [0.2, 0.25) is 0 Å². The molecule has 4 heteroatoms. The van der Waals surface area contributed by atoms with E-state index in [1.807, 2.05) is 35.2 Å². The molecule has 1 atom stereocenters. The summed E-state index contributed by atoms with van der Waals surface area (Å²) >= 11 is 0. The highest BCUT2D eigenvalue weighted by molar-refractivity contribution is 5.98. The quantitative estimate of drug-likeness (QED) is 0.938. The topological polar surface area (TPSA) is 45.3 Å². The van der Waals surface area contributed by atoms with Crippen LogP contribution in [0.25, 0.3) is 10.9 Å². The molecule has 110 valence electrons. The van der Waals surface area contributed by atoms with Crippen LogP contribution in [0, 0.1) is 5.92 Å². The molecule has 1 aromatic carbocycles. The van der Waals surface area contributed by atoms with Crippen LogP contribution in [0.3, 0.4) is 0 Å². The lowest BCUT2D eigenvalue weighted by atomic mass is 10.2. The van der Waals surface area contributed by atoms with E-state index in [9.17, 15) is 4.79 Å². The molecule has 4 rings (SSSR count). The molecule has 2 aromatic rings. The normalized spacial score (nSPS) is 22.1. The first-order valence-electron chi connectivity index (χ1n) is 7.78. The van der Waals surface area contributed by atoms with Gasteiger partial charge in [-0.05, 0) is 37.3 Å². The van der Waals surface area contributed by atoms with Crippen LogP contribution in [0.1, 0.15) is 29.8 Å². The molecule has 0 radical (unpaired) electrons. The SMILES string of the molecule is O=C(c1cc2ccccc2[nH]1)N1CCC(OCC2CC2)C1. The smallest absolute Gasteiger partial charge is 0.270 e. The monoisotopic (exact) mass is 284 g/mol. The Morgan fingerprint density at radius 2 is 2.14 bits per heavy atom. The maximum absolute atomic E-state index is 12.6. The van der Waals surface area contributed by atoms with Gasteiger partial charge in [0.05, 0.1) is 6.10 Å². The van der Waals surface area contributed by atoms with Gasteiger partial charge in [0.1, 0.15) is 5.69 Å². The second-order valence-corrected chi connectivity index (χ2v) is 6.21. The number of fused-ring (bicyclic) bond motifs is 1. The number of hydrogen-bond donors (Lipinski definition) is 1. The number of rotatable bonds is 4. The van der Waals surface area contributed by atoms with Crippen LogP contribution in [-0.2, 0) is 4.74 Å². The Morgan fingerprint density at radius 3 is 2.95 bits per heavy atom. The molecule has 1 saturated heterocycles. The van der Waals surface area contributed by atoms with Crippen molar-refractivity contribution in [1.29, 1.82) is 0 Å². The fraction of sp³-hybridized carbons (Fsp3) is 0.471. The minimum Gasteiger partial charge on any atom is -0.376 e. The molecule has 2 heterocycles. The van der Waals surface area contributed by atoms with E-state index in [1.165, 1.54) is 12.8 Å². The summed E-state index contributed by atoms with van der Waals surface area (Å²) in [5.41, 5.74) is 1.70. The summed E-state index contributed by atoms with van der Waals surface area (Å²) < 4.78 is 5.90. The Balaban J connectivity index is 1.42. The molecule has 1 unspecified atom stereocenters. The molecular weight excluding hydrogens is 264 g/mol. The first-order chi connectivity index (χ1) is 10.3. The average Bonchev–Trinajstić information content (AvgIpc) is 3.05. The predicted molar refractivity (Wildman–Crippen MR) is 81.3 cm³/mol. The van der Waals surface area contributed by atoms with Crippen molar-refractivity contribution in [3.63, 3.8) is 0 Å². The number of H-pyrrole nitrogens is 1. The van der Waals surface area contributed by atoms with Crippen LogP contribution < -0.4 is 0 Å². The highest BCUT2D eigenvalue weighted by Gasteiger charge is 2.30. The second kappa shape index (κ2) is 5.19. The third-order valence-corrected chi connectivity index (χ3v) is 4.46. The molecule has 1 saturated carbocycles. The van der Waals surface area contributed by atoms with Gasteiger partial charge >= 0.3 is 0 Å². The Labute approximate surface area is 124 Å². The zero-order valence-electron chi connectivity index (χ0n) is 12.0. The van der Waals surface area contributed by atoms with Crippen LogP contribution in [0.5, 0.6) is 0 Å². The highest BCUT2D eigenvalue weighted by Crippen LogP contribution is 2.30. The van der Waals surface area contributed by atoms with Crippen molar-refractivity contribution in [2.24, 2.45) is 5.92 Å². The van der Waals surface area contributed by atoms with Crippen LogP contribution in [0.2, 0.25) is 0 Å². The number of ether oxygens (including phenoxy) is 1. The molecule has 0 spiro atoms. The van der Waals surface area contributed by atoms with Crippen molar-refractivity contribution in [1.82, 2.24) is 9.88 Å². The van der Waals surface area contributed by atoms with Gasteiger partial charge in [0.25, 0.3) is 5.91 Å². The Hall–Kier alpha value is -1.81. The van der Waals surface area contributed by atoms with E-state index in [2.05, 4.69) is 4.98 Å². The number of aromatic nitrogens is 1. The van der Waals surface area contributed by atoms with Crippen molar-refractivity contribution in [3.05, 3.63) is 36.0 Å². The van der Waals surface area contributed by atoms with E-state index in [4.69, 9.17) is 4.74 Å². The van der Waals surface area contributed by atoms with E-state index in [0.717, 1.165) is 42.9 Å². The number of likely N-dealkylation sites (tertiary alicyclic amines) is 1. The summed E-state index contributed by atoms with van der Waals surface area (Å²) in [6.45, 7) is 2.39. The molecular formula is C17H20N2O2. The third-order valence-electron chi connectivity index (χ3n) is 4.46. The van der Waals surface area contributed by atoms with Crippen molar-refractivity contribution in [2.75, 3.05) is 19.7 Å². The van der Waals surface area contributed by atoms with Crippen molar-refractivity contribution in [2.45, 2.75) is 25.4 Å². The van der Waals surface area contributed by atoms with Gasteiger partial charge in [-0.25, -0.2) is 0 Å². The van der Waals surface area contributed by atoms with Crippen LogP contribution in [-0.4, -0.2) is 41.6 Å². The molecule has 21 heavy (non-hydrogen) atoms. The van der Waals surface area contributed by atoms with Gasteiger partial charge in [0, 0.05) is 30.6 Å². The lowest BCUT2D eigenvalue weighted by molar-refractivity contribution is 0.0479. The Kier molecular flexibility index (Phi) is 3.19. The number of amides is 1. The summed E-state index contributed by atoms with van der Waals surface area (Å²) in [4.78, 5) is 17.7. The molecule has 1 aromatic heterocycles. The standard InChI is InChI=1S/C17H20N2O2/c20-17(16-9-13-3-1-2-4-15(13)18-16)19-8-7-14(10-19)21-11-12-5-6-12/h1-4,9,12,14,18H,5-8,10-11H2. The van der Waals surface area contributed by atoms with Gasteiger partial charge in [-0.3, -0.25) is 4.79 Å². The maximum atomic E-state index is 12.6. The molecule has 2 fully saturated rings. The lowest BCUT2D eigenvalue weighted by Gasteiger charge is -2.15. The van der Waals surface area contributed by atoms with E-state index < -0.39 is 0 Å². The minimum atomic E-state index is 0.0868. The molecule has 4 nitrogen and oxygen atoms in total. The van der Waals surface area contributed by atoms with E-state index in [1.54, 1.807) is 0 Å². The molecule has 1 N–H and O–H groups in total. The van der Waals surface area contributed by atoms with Crippen LogP contribution in [0.15, 0.2) is 30.3 Å². The van der Waals surface area contributed by atoms with Gasteiger partial charge in [-0.15, -0.1) is 0 Å². The number of nitrogens with one attached hydrogen (secondary N) is 1. The predicted octanol–water partition coefficient (Wildman–Crippen LogP) is 2.81. The number of carbonyl (C=O) groups excluding carboxylic acids is 1. The average molecular weight is 284 g/mol. The van der Waals surface area contributed by atoms with Gasteiger partial charge in [0.15, 0.2) is 0 Å². The first kappa shape index (κ1) is 12.9. The third kappa shape index (κ3) is 2.68. The Morgan fingerprint density at radius 1 is 1.29 bits per heavy atom. The van der Waals surface area contributed by atoms with E-state index in [-0.39, 0.29) is 12.0 Å². The van der Waals surface area contributed by atoms with E-state index >= 15 is 0 Å². The zero-order valence-corrected chi connectivity index (χ0v) is 12.0. The van der Waals surface area contributed by atoms with Crippen LogP contribution in [0.4, 0.5) is 0 Å². The molecule has 1 aliphatic carbocycles. The molecule has 1 amide bonds.